The van der Waals surface area contributed by atoms with Crippen LogP contribution in [0.25, 0.3) is 0 Å². The average molecular weight is 269 g/mol. The van der Waals surface area contributed by atoms with Crippen molar-refractivity contribution in [3.63, 3.8) is 0 Å². The first-order valence-corrected chi connectivity index (χ1v) is 7.55. The maximum Gasteiger partial charge on any atom is 0.376 e. The molecule has 0 bridgehead atoms. The minimum Gasteiger partial charge on any atom is -0.422 e. The lowest BCUT2D eigenvalue weighted by Crippen LogP contribution is -1.99. The van der Waals surface area contributed by atoms with Crippen molar-refractivity contribution in [2.24, 2.45) is 5.50 Å². The maximum absolute atomic E-state index is 12.0. The molecule has 88 valence electrons. The molecule has 2 N–H and O–H groups in total. The van der Waals surface area contributed by atoms with Gasteiger partial charge in [0.05, 0.1) is 17.3 Å². The molecule has 0 fully saturated rings. The molecular formula is C8H8N5O2PS. The number of nitrogens with two attached hydrogens (primary N) is 1. The van der Waals surface area contributed by atoms with E-state index in [1.165, 1.54) is 37.4 Å². The highest BCUT2D eigenvalue weighted by Gasteiger charge is 2.21. The van der Waals surface area contributed by atoms with Crippen LogP contribution in [0.4, 0.5) is 0 Å². The highest BCUT2D eigenvalue weighted by Crippen LogP contribution is 2.55. The summed E-state index contributed by atoms with van der Waals surface area (Å²) >= 11 is 0.871. The number of nitrogens with zero attached hydrogens (tertiary/aromatic N) is 4. The van der Waals surface area contributed by atoms with Crippen molar-refractivity contribution in [2.45, 2.75) is 4.90 Å². The zero-order valence-corrected chi connectivity index (χ0v) is 10.2. The van der Waals surface area contributed by atoms with Crippen molar-refractivity contribution >= 4 is 18.1 Å². The van der Waals surface area contributed by atoms with Gasteiger partial charge >= 0.3 is 6.72 Å². The molecule has 9 heteroatoms. The monoisotopic (exact) mass is 269 g/mol. The summed E-state index contributed by atoms with van der Waals surface area (Å²) in [7, 11) is 0. The molecule has 2 heterocycles. The topological polar surface area (TPSA) is 104 Å². The van der Waals surface area contributed by atoms with E-state index >= 15 is 0 Å². The summed E-state index contributed by atoms with van der Waals surface area (Å²) in [5, 5.41) is 0. The van der Waals surface area contributed by atoms with Gasteiger partial charge in [0.2, 0.25) is 0 Å². The summed E-state index contributed by atoms with van der Waals surface area (Å²) in [4.78, 5) is 15.6. The summed E-state index contributed by atoms with van der Waals surface area (Å²) in [5.74, 6) is 0.252. The van der Waals surface area contributed by atoms with Crippen LogP contribution in [0.1, 0.15) is 0 Å². The summed E-state index contributed by atoms with van der Waals surface area (Å²) in [6.07, 6.45) is 8.48. The van der Waals surface area contributed by atoms with Crippen LogP contribution in [0.3, 0.4) is 0 Å². The SMILES string of the molecule is NP(=O)(Oc1cncnc1)Sc1cncnc1. The predicted octanol–water partition coefficient (Wildman–Crippen LogP) is 1.50. The van der Waals surface area contributed by atoms with E-state index in [9.17, 15) is 4.57 Å². The van der Waals surface area contributed by atoms with Crippen LogP contribution in [-0.4, -0.2) is 19.9 Å². The number of rotatable bonds is 4. The van der Waals surface area contributed by atoms with Crippen molar-refractivity contribution in [1.29, 1.82) is 0 Å². The Balaban J connectivity index is 2.07. The zero-order chi connectivity index (χ0) is 12.1. The van der Waals surface area contributed by atoms with E-state index in [4.69, 9.17) is 10.0 Å². The minimum absolute atomic E-state index is 0.252. The molecule has 0 aliphatic rings. The lowest BCUT2D eigenvalue weighted by Gasteiger charge is -2.12. The fraction of sp³-hybridized carbons (Fsp3) is 0. The Morgan fingerprint density at radius 3 is 2.18 bits per heavy atom. The van der Waals surface area contributed by atoms with Crippen LogP contribution in [0.5, 0.6) is 5.75 Å². The fourth-order valence-corrected chi connectivity index (χ4v) is 3.45. The molecule has 0 spiro atoms. The quantitative estimate of drug-likeness (QED) is 0.833. The number of hydrogen-bond donors (Lipinski definition) is 1. The standard InChI is InChI=1S/C8H8N5O2PS/c9-16(14,15-7-1-10-5-11-2-7)17-8-3-12-6-13-4-8/h1-6H,(H2,9,14). The first kappa shape index (κ1) is 12.0. The summed E-state index contributed by atoms with van der Waals surface area (Å²) in [6.45, 7) is -3.38. The zero-order valence-electron chi connectivity index (χ0n) is 8.50. The molecule has 2 aromatic rings. The number of hydrogen-bond acceptors (Lipinski definition) is 7. The van der Waals surface area contributed by atoms with Crippen LogP contribution >= 0.6 is 18.1 Å². The first-order valence-electron chi connectivity index (χ1n) is 4.43. The van der Waals surface area contributed by atoms with Crippen LogP contribution in [0.2, 0.25) is 0 Å². The van der Waals surface area contributed by atoms with E-state index in [0.29, 0.717) is 4.90 Å². The lowest BCUT2D eigenvalue weighted by molar-refractivity contribution is 0.498. The van der Waals surface area contributed by atoms with E-state index in [2.05, 4.69) is 19.9 Å². The van der Waals surface area contributed by atoms with Gasteiger partial charge in [-0.1, -0.05) is 0 Å². The van der Waals surface area contributed by atoms with Crippen molar-refractivity contribution in [3.8, 4) is 5.75 Å². The molecule has 2 rings (SSSR count). The Morgan fingerprint density at radius 1 is 1.06 bits per heavy atom. The second-order valence-electron chi connectivity index (χ2n) is 2.87. The Bertz CT molecular complexity index is 480. The van der Waals surface area contributed by atoms with Crippen LogP contribution < -0.4 is 10.0 Å². The molecule has 0 saturated carbocycles. The number of aromatic nitrogens is 4. The smallest absolute Gasteiger partial charge is 0.376 e. The molecule has 1 unspecified atom stereocenters. The summed E-state index contributed by atoms with van der Waals surface area (Å²) < 4.78 is 17.1. The predicted molar refractivity (Wildman–Crippen MR) is 62.3 cm³/mol. The van der Waals surface area contributed by atoms with Crippen molar-refractivity contribution in [3.05, 3.63) is 37.4 Å². The van der Waals surface area contributed by atoms with Crippen LogP contribution in [-0.2, 0) is 4.57 Å². The second kappa shape index (κ2) is 5.22. The Labute approximate surface area is 101 Å². The Hall–Kier alpha value is -1.50. The van der Waals surface area contributed by atoms with E-state index in [-0.39, 0.29) is 5.75 Å². The molecule has 17 heavy (non-hydrogen) atoms. The van der Waals surface area contributed by atoms with Gasteiger partial charge in [-0.15, -0.1) is 0 Å². The maximum atomic E-state index is 12.0. The van der Waals surface area contributed by atoms with E-state index in [1.807, 2.05) is 0 Å². The highest BCUT2D eigenvalue weighted by molar-refractivity contribution is 8.56. The van der Waals surface area contributed by atoms with Gasteiger partial charge in [0.1, 0.15) is 12.7 Å². The Kier molecular flexibility index (Phi) is 3.68. The van der Waals surface area contributed by atoms with Crippen molar-refractivity contribution in [2.75, 3.05) is 0 Å². The third-order valence-electron chi connectivity index (χ3n) is 1.54. The van der Waals surface area contributed by atoms with Gasteiger partial charge in [0.25, 0.3) is 0 Å². The van der Waals surface area contributed by atoms with Gasteiger partial charge in [-0.3, -0.25) is 0 Å². The second-order valence-corrected chi connectivity index (χ2v) is 6.86. The van der Waals surface area contributed by atoms with Gasteiger partial charge in [0.15, 0.2) is 5.75 Å². The molecule has 0 radical (unpaired) electrons. The highest BCUT2D eigenvalue weighted by atomic mass is 32.7. The van der Waals surface area contributed by atoms with Gasteiger partial charge in [0, 0.05) is 12.4 Å². The van der Waals surface area contributed by atoms with Crippen molar-refractivity contribution in [1.82, 2.24) is 19.9 Å². The normalized spacial score (nSPS) is 13.9. The molecule has 0 aliphatic heterocycles. The fourth-order valence-electron chi connectivity index (χ4n) is 0.978. The molecule has 2 aromatic heterocycles. The third kappa shape index (κ3) is 3.77. The van der Waals surface area contributed by atoms with Gasteiger partial charge in [-0.05, 0) is 11.4 Å². The summed E-state index contributed by atoms with van der Waals surface area (Å²) in [5.41, 5.74) is 5.57. The molecule has 1 atom stereocenters. The lowest BCUT2D eigenvalue weighted by atomic mass is 10.6. The van der Waals surface area contributed by atoms with E-state index in [0.717, 1.165) is 11.4 Å². The first-order chi connectivity index (χ1) is 8.16. The van der Waals surface area contributed by atoms with Gasteiger partial charge in [-0.2, -0.15) is 0 Å². The molecule has 0 aliphatic carbocycles. The van der Waals surface area contributed by atoms with Gasteiger partial charge in [-0.25, -0.2) is 30.0 Å². The molecule has 0 saturated heterocycles. The molecule has 0 amide bonds. The molecule has 7 nitrogen and oxygen atoms in total. The van der Waals surface area contributed by atoms with Crippen LogP contribution in [0, 0.1) is 0 Å². The molecular weight excluding hydrogens is 261 g/mol. The third-order valence-corrected chi connectivity index (χ3v) is 4.30. The van der Waals surface area contributed by atoms with Crippen molar-refractivity contribution < 1.29 is 9.09 Å². The summed E-state index contributed by atoms with van der Waals surface area (Å²) in [6, 6.07) is 0. The minimum atomic E-state index is -3.38. The largest absolute Gasteiger partial charge is 0.422 e. The van der Waals surface area contributed by atoms with Gasteiger partial charge < -0.3 is 4.52 Å². The van der Waals surface area contributed by atoms with Crippen LogP contribution in [0.15, 0.2) is 42.3 Å². The van der Waals surface area contributed by atoms with E-state index in [1.54, 1.807) is 0 Å². The average Bonchev–Trinajstić information content (AvgIpc) is 2.30. The Morgan fingerprint density at radius 2 is 1.59 bits per heavy atom. The van der Waals surface area contributed by atoms with E-state index < -0.39 is 6.72 Å². The molecule has 0 aromatic carbocycles.